The van der Waals surface area contributed by atoms with Gasteiger partial charge in [-0.3, -0.25) is 9.36 Å². The predicted molar refractivity (Wildman–Crippen MR) is 143 cm³/mol. The average molecular weight is 479 g/mol. The molecule has 5 aromatic rings. The molecule has 5 rings (SSSR count). The highest BCUT2D eigenvalue weighted by molar-refractivity contribution is 7.08. The zero-order valence-electron chi connectivity index (χ0n) is 19.6. The van der Waals surface area contributed by atoms with Crippen molar-refractivity contribution in [1.82, 2.24) is 9.55 Å². The number of hydrogen-bond acceptors (Lipinski definition) is 4. The molecule has 0 bridgehead atoms. The Labute approximate surface area is 209 Å². The molecule has 0 radical (unpaired) electrons. The van der Waals surface area contributed by atoms with Crippen molar-refractivity contribution in [1.29, 1.82) is 0 Å². The molecule has 3 aromatic carbocycles. The van der Waals surface area contributed by atoms with Crippen LogP contribution < -0.4 is 10.3 Å². The second-order valence-electron chi connectivity index (χ2n) is 8.37. The minimum absolute atomic E-state index is 0.0281. The Kier molecular flexibility index (Phi) is 6.87. The zero-order valence-corrected chi connectivity index (χ0v) is 20.4. The molecular weight excluding hydrogens is 452 g/mol. The van der Waals surface area contributed by atoms with Gasteiger partial charge in [0.2, 0.25) is 0 Å². The van der Waals surface area contributed by atoms with Crippen LogP contribution in [0.25, 0.3) is 22.5 Å². The molecule has 0 aliphatic carbocycles. The van der Waals surface area contributed by atoms with E-state index in [4.69, 9.17) is 9.72 Å². The van der Waals surface area contributed by atoms with E-state index in [9.17, 15) is 4.79 Å². The lowest BCUT2D eigenvalue weighted by Gasteiger charge is -2.18. The lowest BCUT2D eigenvalue weighted by atomic mass is 10.1. The molecule has 0 spiro atoms. The van der Waals surface area contributed by atoms with Crippen LogP contribution in [0.15, 0.2) is 107 Å². The fraction of sp³-hybridized carbons (Fsp3) is 0.133. The van der Waals surface area contributed by atoms with Crippen molar-refractivity contribution >= 4 is 11.3 Å². The smallest absolute Gasteiger partial charge is 0.261 e. The van der Waals surface area contributed by atoms with Crippen LogP contribution in [0.1, 0.15) is 16.8 Å². The SMILES string of the molecule is Cc1nc(-c2ccccc2OCc2ccccc2)n(CCc2ccccc2)c(=O)c1-c1ccsc1. The first kappa shape index (κ1) is 22.8. The van der Waals surface area contributed by atoms with Gasteiger partial charge in [0.15, 0.2) is 0 Å². The Bertz CT molecular complexity index is 1460. The molecule has 35 heavy (non-hydrogen) atoms. The van der Waals surface area contributed by atoms with Crippen LogP contribution in [0, 0.1) is 6.92 Å². The first-order chi connectivity index (χ1) is 17.2. The third kappa shape index (κ3) is 5.10. The van der Waals surface area contributed by atoms with E-state index in [1.165, 1.54) is 5.56 Å². The largest absolute Gasteiger partial charge is 0.488 e. The van der Waals surface area contributed by atoms with Crippen molar-refractivity contribution in [3.8, 4) is 28.3 Å². The maximum absolute atomic E-state index is 13.9. The van der Waals surface area contributed by atoms with Crippen molar-refractivity contribution in [2.75, 3.05) is 0 Å². The minimum Gasteiger partial charge on any atom is -0.488 e. The van der Waals surface area contributed by atoms with Crippen LogP contribution in [0.2, 0.25) is 0 Å². The number of thiophene rings is 1. The molecule has 2 heterocycles. The van der Waals surface area contributed by atoms with Crippen LogP contribution in [-0.4, -0.2) is 9.55 Å². The maximum Gasteiger partial charge on any atom is 0.261 e. The van der Waals surface area contributed by atoms with Gasteiger partial charge in [0.25, 0.3) is 5.56 Å². The summed E-state index contributed by atoms with van der Waals surface area (Å²) in [4.78, 5) is 18.9. The Morgan fingerprint density at radius 3 is 2.26 bits per heavy atom. The zero-order chi connectivity index (χ0) is 24.0. The molecule has 0 atom stereocenters. The molecule has 0 saturated heterocycles. The van der Waals surface area contributed by atoms with Crippen molar-refractivity contribution in [3.63, 3.8) is 0 Å². The van der Waals surface area contributed by atoms with Gasteiger partial charge in [0.1, 0.15) is 18.2 Å². The topological polar surface area (TPSA) is 44.1 Å². The van der Waals surface area contributed by atoms with Gasteiger partial charge in [-0.15, -0.1) is 0 Å². The lowest BCUT2D eigenvalue weighted by Crippen LogP contribution is -2.27. The van der Waals surface area contributed by atoms with Crippen LogP contribution in [-0.2, 0) is 19.6 Å². The third-order valence-corrected chi connectivity index (χ3v) is 6.68. The van der Waals surface area contributed by atoms with Crippen LogP contribution in [0.4, 0.5) is 0 Å². The monoisotopic (exact) mass is 478 g/mol. The number of benzene rings is 3. The Morgan fingerprint density at radius 1 is 0.857 bits per heavy atom. The molecule has 0 amide bonds. The van der Waals surface area contributed by atoms with Gasteiger partial charge in [0.05, 0.1) is 16.8 Å². The first-order valence-electron chi connectivity index (χ1n) is 11.6. The second kappa shape index (κ2) is 10.5. The minimum atomic E-state index is -0.0281. The Morgan fingerprint density at radius 2 is 1.54 bits per heavy atom. The molecule has 174 valence electrons. The van der Waals surface area contributed by atoms with E-state index >= 15 is 0 Å². The lowest BCUT2D eigenvalue weighted by molar-refractivity contribution is 0.307. The van der Waals surface area contributed by atoms with E-state index in [1.54, 1.807) is 15.9 Å². The maximum atomic E-state index is 13.9. The van der Waals surface area contributed by atoms with Crippen molar-refractivity contribution in [2.45, 2.75) is 26.5 Å². The summed E-state index contributed by atoms with van der Waals surface area (Å²) in [6, 6.07) is 30.1. The summed E-state index contributed by atoms with van der Waals surface area (Å²) in [7, 11) is 0. The molecule has 0 saturated carbocycles. The van der Waals surface area contributed by atoms with Gasteiger partial charge in [-0.1, -0.05) is 72.8 Å². The molecule has 0 fully saturated rings. The van der Waals surface area contributed by atoms with Crippen LogP contribution in [0.3, 0.4) is 0 Å². The van der Waals surface area contributed by atoms with Crippen molar-refractivity contribution < 1.29 is 4.74 Å². The standard InChI is InChI=1S/C30H26N2O2S/c1-22-28(25-17-19-35-21-25)30(33)32(18-16-23-10-4-2-5-11-23)29(31-22)26-14-8-9-15-27(26)34-20-24-12-6-3-7-13-24/h2-15,17,19,21H,16,18,20H2,1H3. The summed E-state index contributed by atoms with van der Waals surface area (Å²) in [5.74, 6) is 1.34. The quantitative estimate of drug-likeness (QED) is 0.247. The number of hydrogen-bond donors (Lipinski definition) is 0. The summed E-state index contributed by atoms with van der Waals surface area (Å²) in [5.41, 5.74) is 5.34. The van der Waals surface area contributed by atoms with E-state index in [2.05, 4.69) is 12.1 Å². The van der Waals surface area contributed by atoms with Gasteiger partial charge >= 0.3 is 0 Å². The highest BCUT2D eigenvalue weighted by Gasteiger charge is 2.19. The second-order valence-corrected chi connectivity index (χ2v) is 9.15. The molecule has 0 N–H and O–H groups in total. The number of rotatable bonds is 8. The van der Waals surface area contributed by atoms with Crippen molar-refractivity contribution in [2.24, 2.45) is 0 Å². The summed E-state index contributed by atoms with van der Waals surface area (Å²) < 4.78 is 8.03. The Balaban J connectivity index is 1.58. The van der Waals surface area contributed by atoms with E-state index in [0.29, 0.717) is 30.3 Å². The highest BCUT2D eigenvalue weighted by atomic mass is 32.1. The molecule has 4 nitrogen and oxygen atoms in total. The number of aryl methyl sites for hydroxylation is 2. The summed E-state index contributed by atoms with van der Waals surface area (Å²) >= 11 is 1.58. The van der Waals surface area contributed by atoms with Gasteiger partial charge in [-0.25, -0.2) is 4.98 Å². The van der Waals surface area contributed by atoms with E-state index in [0.717, 1.165) is 28.8 Å². The van der Waals surface area contributed by atoms with Gasteiger partial charge in [0, 0.05) is 6.54 Å². The van der Waals surface area contributed by atoms with E-state index < -0.39 is 0 Å². The fourth-order valence-corrected chi connectivity index (χ4v) is 4.86. The normalized spacial score (nSPS) is 10.9. The molecule has 0 aliphatic heterocycles. The molecular formula is C30H26N2O2S. The predicted octanol–water partition coefficient (Wildman–Crippen LogP) is 6.77. The number of aromatic nitrogens is 2. The highest BCUT2D eigenvalue weighted by Crippen LogP contribution is 2.31. The summed E-state index contributed by atoms with van der Waals surface area (Å²) in [5, 5.41) is 3.99. The van der Waals surface area contributed by atoms with Gasteiger partial charge in [-0.2, -0.15) is 11.3 Å². The molecule has 5 heteroatoms. The summed E-state index contributed by atoms with van der Waals surface area (Å²) in [6.45, 7) is 2.88. The average Bonchev–Trinajstić information content (AvgIpc) is 3.42. The molecule has 0 unspecified atom stereocenters. The van der Waals surface area contributed by atoms with Crippen molar-refractivity contribution in [3.05, 3.63) is 129 Å². The van der Waals surface area contributed by atoms with E-state index in [-0.39, 0.29) is 5.56 Å². The Hall–Kier alpha value is -3.96. The number of ether oxygens (including phenoxy) is 1. The molecule has 2 aromatic heterocycles. The van der Waals surface area contributed by atoms with Gasteiger partial charge < -0.3 is 4.74 Å². The third-order valence-electron chi connectivity index (χ3n) is 5.99. The van der Waals surface area contributed by atoms with E-state index in [1.807, 2.05) is 96.5 Å². The molecule has 0 aliphatic rings. The first-order valence-corrected chi connectivity index (χ1v) is 12.6. The fourth-order valence-electron chi connectivity index (χ4n) is 4.21. The number of nitrogens with zero attached hydrogens (tertiary/aromatic N) is 2. The number of para-hydroxylation sites is 1. The van der Waals surface area contributed by atoms with Crippen LogP contribution >= 0.6 is 11.3 Å². The summed E-state index contributed by atoms with van der Waals surface area (Å²) in [6.07, 6.45) is 0.731. The van der Waals surface area contributed by atoms with Crippen LogP contribution in [0.5, 0.6) is 5.75 Å². The van der Waals surface area contributed by atoms with Gasteiger partial charge in [-0.05, 0) is 59.0 Å².